The number of nitrogens with zero attached hydrogens (tertiary/aromatic N) is 2. The lowest BCUT2D eigenvalue weighted by molar-refractivity contribution is -0.265. The molecule has 2 unspecified atom stereocenters. The summed E-state index contributed by atoms with van der Waals surface area (Å²) < 4.78 is 227. The number of rotatable bonds is 18. The van der Waals surface area contributed by atoms with Crippen molar-refractivity contribution in [3.05, 3.63) is 95.2 Å². The summed E-state index contributed by atoms with van der Waals surface area (Å²) in [6.45, 7) is 11.0. The van der Waals surface area contributed by atoms with Crippen LogP contribution in [0.5, 0.6) is 0 Å². The molecule has 8 aliphatic rings. The molecule has 8 rings (SSSR count). The first-order valence-electron chi connectivity index (χ1n) is 58.1. The van der Waals surface area contributed by atoms with Gasteiger partial charge in [-0.1, -0.05) is 156 Å². The zero-order valence-electron chi connectivity index (χ0n) is 104. The van der Waals surface area contributed by atoms with Crippen LogP contribution in [0, 0.1) is 82.8 Å². The fourth-order valence-electron chi connectivity index (χ4n) is 19.7. The Hall–Kier alpha value is -6.82. The Morgan fingerprint density at radius 2 is 0.855 bits per heavy atom. The van der Waals surface area contributed by atoms with Crippen molar-refractivity contribution in [2.45, 2.75) is 361 Å². The van der Waals surface area contributed by atoms with Crippen LogP contribution in [0.3, 0.4) is 0 Å². The Bertz CT molecular complexity index is 5150. The molecular formula is C108H170N2O28. The number of esters is 2. The second-order valence-electron chi connectivity index (χ2n) is 38.9. The molecule has 4 bridgehead atoms. The van der Waals surface area contributed by atoms with E-state index in [-0.39, 0.29) is 106 Å². The summed E-state index contributed by atoms with van der Waals surface area (Å²) in [5.74, 6) is -32.1. The number of methoxy groups -OCH3 is 6. The van der Waals surface area contributed by atoms with Gasteiger partial charge in [-0.15, -0.1) is 0 Å². The van der Waals surface area contributed by atoms with Crippen LogP contribution < -0.4 is 0 Å². The predicted octanol–water partition coefficient (Wildman–Crippen LogP) is 12.9. The molecule has 138 heavy (non-hydrogen) atoms. The molecule has 0 spiro atoms. The van der Waals surface area contributed by atoms with Crippen molar-refractivity contribution in [2.75, 3.05) is 81.9 Å². The predicted molar refractivity (Wildman–Crippen MR) is 521 cm³/mol. The number of hydrogen-bond acceptors (Lipinski definition) is 28. The summed E-state index contributed by atoms with van der Waals surface area (Å²) in [7, 11) is 3.63. The maximum Gasteiger partial charge on any atom is 0.329 e. The van der Waals surface area contributed by atoms with E-state index in [0.29, 0.717) is 50.5 Å². The Morgan fingerprint density at radius 3 is 1.20 bits per heavy atom. The van der Waals surface area contributed by atoms with Gasteiger partial charge in [-0.05, 0) is 213 Å². The highest BCUT2D eigenvalue weighted by atomic mass is 16.6. The Kier molecular flexibility index (Phi) is 37.7. The first kappa shape index (κ1) is 91.1. The van der Waals surface area contributed by atoms with Crippen LogP contribution in [-0.4, -0.2) is 290 Å². The number of piperidine rings is 2. The van der Waals surface area contributed by atoms with Crippen LogP contribution in [-0.2, 0) is 105 Å². The molecule has 2 saturated carbocycles. The number of carbonyl (C=O) groups excluding carboxylic acids is 10. The van der Waals surface area contributed by atoms with Gasteiger partial charge in [0, 0.05) is 128 Å². The van der Waals surface area contributed by atoms with E-state index in [1.54, 1.807) is 52.0 Å². The second-order valence-corrected chi connectivity index (χ2v) is 38.9. The van der Waals surface area contributed by atoms with E-state index >= 15 is 0 Å². The quantitative estimate of drug-likeness (QED) is 0.0422. The van der Waals surface area contributed by atoms with Gasteiger partial charge < -0.3 is 97.3 Å². The van der Waals surface area contributed by atoms with Crippen molar-refractivity contribution >= 4 is 58.5 Å². The molecule has 32 atom stereocenters. The Morgan fingerprint density at radius 1 is 0.478 bits per heavy atom. The van der Waals surface area contributed by atoms with Crippen molar-refractivity contribution < 1.29 is 161 Å². The third kappa shape index (κ3) is 32.1. The molecule has 780 valence electrons. The lowest BCUT2D eigenvalue weighted by atomic mass is 9.78. The summed E-state index contributed by atoms with van der Waals surface area (Å²) in [6, 6.07) is -2.80. The summed E-state index contributed by atoms with van der Waals surface area (Å²) >= 11 is 0. The molecule has 6 aliphatic heterocycles. The van der Waals surface area contributed by atoms with E-state index in [1.807, 2.05) is 0 Å². The van der Waals surface area contributed by atoms with Crippen LogP contribution >= 0.6 is 0 Å². The Labute approximate surface area is 847 Å². The molecule has 0 aromatic heterocycles. The molecular weight excluding hydrogens is 1770 g/mol. The minimum absolute atomic E-state index is 0.0113. The monoisotopic (exact) mass is 1960 g/mol. The van der Waals surface area contributed by atoms with Crippen LogP contribution in [0.25, 0.3) is 0 Å². The van der Waals surface area contributed by atoms with E-state index < -0.39 is 304 Å². The molecule has 6 N–H and O–H groups in total. The van der Waals surface area contributed by atoms with Crippen molar-refractivity contribution in [1.82, 2.24) is 9.80 Å². The molecule has 4 saturated heterocycles. The summed E-state index contributed by atoms with van der Waals surface area (Å²) in [4.78, 5) is 146. The molecule has 30 heteroatoms. The summed E-state index contributed by atoms with van der Waals surface area (Å²) in [5, 5.41) is 67.1. The fourth-order valence-corrected chi connectivity index (χ4v) is 19.7. The lowest BCUT2D eigenvalue weighted by Gasteiger charge is -2.42. The standard InChI is InChI=1S/2C54H85NO14/c2*1-32-17-13-12-14-18-33(2)45(64-9)30-41-22-20-37(6)54(63,69-41)51(60)52(61)55-24-16-15-19-42(55)53(62)68-46(35(4)28-40-21-23-44(67-26-25-56)47(29-40)65-10)31-43(57)34(3)27-36(5)48(58)50(66-11)49(59)39(8)38(32)7/h2*12-14,17-18,27,32,34-35,37-42,44-48,50,56,58,63H,15-16,19-26,28-31H2,1-11H3/b14-12?,17-13+,33-18?,36-27+;14-12+,17-13+,33-18+,36-27+/t2*32-,34-,35-,37-,38?,39-,40+,41+,42+,44-,45+,46+,47-,48-,50-,54-/m11/s1/i9D3,20D2,25D2,26D2,32D,38D;20D2,25D2,26D2,32D,38D. The normalized spacial score (nSPS) is 44.6. The van der Waals surface area contributed by atoms with Crippen LogP contribution in [0.1, 0.15) is 278 Å². The van der Waals surface area contributed by atoms with Gasteiger partial charge in [-0.2, -0.15) is 0 Å². The number of allylic oxidation sites excluding steroid dienone is 12. The number of aliphatic hydroxyl groups excluding tert-OH is 2. The number of ketones is 6. The largest absolute Gasteiger partial charge is 0.460 e. The lowest BCUT2D eigenvalue weighted by Crippen LogP contribution is -2.61. The number of hydrogen-bond donors (Lipinski definition) is 6. The highest BCUT2D eigenvalue weighted by Crippen LogP contribution is 2.43. The van der Waals surface area contributed by atoms with E-state index in [0.717, 1.165) is 9.80 Å². The van der Waals surface area contributed by atoms with Crippen LogP contribution in [0.2, 0.25) is 0 Å². The number of Topliss-reactive ketones (excluding diaryl/α,β-unsaturated/α-hetero) is 6. The molecule has 30 nitrogen and oxygen atoms in total. The zero-order valence-corrected chi connectivity index (χ0v) is 84.6. The highest BCUT2D eigenvalue weighted by molar-refractivity contribution is 6.39. The molecule has 2 aliphatic carbocycles. The number of carbonyl (C=O) groups is 10. The Balaban J connectivity index is 0.000000423. The first-order chi connectivity index (χ1) is 72.2. The van der Waals surface area contributed by atoms with Crippen molar-refractivity contribution in [2.24, 2.45) is 82.8 Å². The molecule has 0 aromatic carbocycles. The highest BCUT2D eigenvalue weighted by Gasteiger charge is 2.56. The van der Waals surface area contributed by atoms with Crippen LogP contribution in [0.4, 0.5) is 0 Å². The van der Waals surface area contributed by atoms with E-state index in [9.17, 15) is 82.7 Å². The molecule has 0 radical (unpaired) electrons. The average molecular weight is 1960 g/mol. The maximum atomic E-state index is 14.6. The molecule has 2 amide bonds. The van der Waals surface area contributed by atoms with E-state index in [2.05, 4.69) is 0 Å². The third-order valence-electron chi connectivity index (χ3n) is 29.4. The van der Waals surface area contributed by atoms with Crippen molar-refractivity contribution in [1.29, 1.82) is 0 Å². The van der Waals surface area contributed by atoms with Crippen molar-refractivity contribution in [3.63, 3.8) is 0 Å². The van der Waals surface area contributed by atoms with Gasteiger partial charge in [-0.3, -0.25) is 38.4 Å². The van der Waals surface area contributed by atoms with Gasteiger partial charge >= 0.3 is 11.9 Å². The van der Waals surface area contributed by atoms with E-state index in [4.69, 9.17) is 78.8 Å². The fraction of sp³-hybridized carbons (Fsp3) is 0.759. The van der Waals surface area contributed by atoms with Gasteiger partial charge in [0.15, 0.2) is 11.6 Å². The molecule has 6 heterocycles. The SMILES string of the molecule is [2H]C([2H])([2H])O[C@H]1C[C@@H]2CC([2H])([2H])[C@@H](C)[C@@](O)(O2)C(=O)C(=O)N2CCCC[C@H]2C(=O)O[C@H]([C@H](C)C[C@@H]2CC[C@@H](OC([2H])([2H])C([2H])([2H])O)[C@H](OC)C2)CC(=O)[C@H](C)/C=C(\C)[C@@H](O)[C@@H](OC)C(=O)[C@H](C)C([2H])(C)[C@]([2H])(C)/C=C/C=CC=C1C.[2H]C1([2H])C[C@H]2C[C@H](OC)/C(C)=C/C=C/C=C/[C@@]([2H])(C)C([2H])(C)[C@@H](C)C(=O)[C@H](OC)[C@H](O)/C(C)=C/[C@@H](C)C(=O)C[C@@H]([C@H](C)C[C@@H]3CC[C@@H](OC([2H])([2H])C([2H])([2H])O)[C@H](OC)C3)OC(=O)[C@@H]3CCCCN3C(=O)C(=O)[C@](O)(O2)[C@@H]1C. The first-order valence-corrected chi connectivity index (χ1v) is 48.6. The minimum Gasteiger partial charge on any atom is -0.460 e. The van der Waals surface area contributed by atoms with Gasteiger partial charge in [0.2, 0.25) is 11.6 Å². The topological polar surface area (TPSA) is 409 Å². The van der Waals surface area contributed by atoms with Gasteiger partial charge in [-0.25, -0.2) is 9.59 Å². The third-order valence-corrected chi connectivity index (χ3v) is 29.4. The van der Waals surface area contributed by atoms with Crippen molar-refractivity contribution in [3.8, 4) is 0 Å². The van der Waals surface area contributed by atoms with E-state index in [1.165, 1.54) is 167 Å². The smallest absolute Gasteiger partial charge is 0.329 e. The molecule has 0 aromatic rings. The summed E-state index contributed by atoms with van der Waals surface area (Å²) in [5.41, 5.74) is 1.26. The number of ether oxygens (including phenoxy) is 12. The minimum atomic E-state index is -3.33. The van der Waals surface area contributed by atoms with Gasteiger partial charge in [0.1, 0.15) is 60.3 Å². The maximum absolute atomic E-state index is 14.6. The second kappa shape index (κ2) is 57.0. The van der Waals surface area contributed by atoms with Gasteiger partial charge in [0.25, 0.3) is 23.4 Å². The molecule has 6 fully saturated rings. The average Bonchev–Trinajstić information content (AvgIpc) is 0.744. The van der Waals surface area contributed by atoms with Gasteiger partial charge in [0.05, 0.1) is 90.1 Å². The number of cyclic esters (lactones) is 2. The summed E-state index contributed by atoms with van der Waals surface area (Å²) in [6.07, 6.45) is -1.16. The zero-order chi connectivity index (χ0) is 119. The number of fused-ring (bicyclic) bond motifs is 6. The number of aliphatic hydroxyl groups is 6. The van der Waals surface area contributed by atoms with Crippen LogP contribution in [0.15, 0.2) is 95.2 Å². The number of amides is 2.